The number of benzene rings is 2. The SMILES string of the molecule is COc1ccc(/C=C/C/C(=C\c2ccc(OC)c(OC)c2)CO)cc1OC. The smallest absolute Gasteiger partial charge is 0.161 e. The minimum absolute atomic E-state index is 0.0232. The van der Waals surface area contributed by atoms with Crippen molar-refractivity contribution in [1.82, 2.24) is 0 Å². The number of methoxy groups -OCH3 is 4. The van der Waals surface area contributed by atoms with Crippen LogP contribution >= 0.6 is 0 Å². The van der Waals surface area contributed by atoms with E-state index in [1.807, 2.05) is 54.6 Å². The second-order valence-electron chi connectivity index (χ2n) is 5.80. The Morgan fingerprint density at radius 2 is 1.30 bits per heavy atom. The lowest BCUT2D eigenvalue weighted by Crippen LogP contribution is -1.92. The van der Waals surface area contributed by atoms with E-state index in [0.717, 1.165) is 16.7 Å². The molecule has 0 spiro atoms. The van der Waals surface area contributed by atoms with Crippen molar-refractivity contribution in [3.8, 4) is 23.0 Å². The summed E-state index contributed by atoms with van der Waals surface area (Å²) < 4.78 is 21.1. The molecule has 5 heteroatoms. The Bertz CT molecular complexity index is 808. The summed E-state index contributed by atoms with van der Waals surface area (Å²) in [5.74, 6) is 2.71. The molecule has 1 N–H and O–H groups in total. The zero-order valence-corrected chi connectivity index (χ0v) is 16.2. The minimum Gasteiger partial charge on any atom is -0.493 e. The van der Waals surface area contributed by atoms with Crippen molar-refractivity contribution in [2.45, 2.75) is 6.42 Å². The van der Waals surface area contributed by atoms with Crippen molar-refractivity contribution in [3.05, 3.63) is 59.2 Å². The van der Waals surface area contributed by atoms with Crippen LogP contribution in [0.15, 0.2) is 48.0 Å². The van der Waals surface area contributed by atoms with Gasteiger partial charge in [-0.2, -0.15) is 0 Å². The maximum Gasteiger partial charge on any atom is 0.161 e. The van der Waals surface area contributed by atoms with Crippen LogP contribution in [0, 0.1) is 0 Å². The van der Waals surface area contributed by atoms with Crippen molar-refractivity contribution < 1.29 is 24.1 Å². The van der Waals surface area contributed by atoms with Crippen molar-refractivity contribution in [3.63, 3.8) is 0 Å². The fourth-order valence-electron chi connectivity index (χ4n) is 2.65. The van der Waals surface area contributed by atoms with Crippen LogP contribution in [-0.2, 0) is 0 Å². The van der Waals surface area contributed by atoms with E-state index in [4.69, 9.17) is 18.9 Å². The number of rotatable bonds is 9. The predicted molar refractivity (Wildman–Crippen MR) is 108 cm³/mol. The van der Waals surface area contributed by atoms with Gasteiger partial charge in [0, 0.05) is 0 Å². The van der Waals surface area contributed by atoms with E-state index in [1.54, 1.807) is 28.4 Å². The lowest BCUT2D eigenvalue weighted by atomic mass is 10.1. The highest BCUT2D eigenvalue weighted by molar-refractivity contribution is 5.60. The first-order chi connectivity index (χ1) is 13.1. The molecule has 2 rings (SSSR count). The molecular weight excluding hydrogens is 344 g/mol. The fourth-order valence-corrected chi connectivity index (χ4v) is 2.65. The van der Waals surface area contributed by atoms with Gasteiger partial charge in [0.25, 0.3) is 0 Å². The van der Waals surface area contributed by atoms with Crippen molar-refractivity contribution in [2.75, 3.05) is 35.0 Å². The van der Waals surface area contributed by atoms with Gasteiger partial charge in [0.2, 0.25) is 0 Å². The molecule has 0 fully saturated rings. The average molecular weight is 370 g/mol. The quantitative estimate of drug-likeness (QED) is 0.717. The van der Waals surface area contributed by atoms with E-state index < -0.39 is 0 Å². The number of ether oxygens (including phenoxy) is 4. The van der Waals surface area contributed by atoms with Gasteiger partial charge < -0.3 is 24.1 Å². The second kappa shape index (κ2) is 10.3. The summed E-state index contributed by atoms with van der Waals surface area (Å²) >= 11 is 0. The largest absolute Gasteiger partial charge is 0.493 e. The first kappa shape index (κ1) is 20.4. The van der Waals surface area contributed by atoms with Crippen molar-refractivity contribution in [1.29, 1.82) is 0 Å². The van der Waals surface area contributed by atoms with Crippen LogP contribution in [0.2, 0.25) is 0 Å². The van der Waals surface area contributed by atoms with Gasteiger partial charge in [-0.1, -0.05) is 30.4 Å². The highest BCUT2D eigenvalue weighted by Gasteiger charge is 2.05. The molecule has 0 bridgehead atoms. The van der Waals surface area contributed by atoms with Crippen LogP contribution in [0.5, 0.6) is 23.0 Å². The zero-order valence-electron chi connectivity index (χ0n) is 16.2. The third kappa shape index (κ3) is 5.53. The monoisotopic (exact) mass is 370 g/mol. The molecule has 144 valence electrons. The summed E-state index contributed by atoms with van der Waals surface area (Å²) in [6.45, 7) is -0.0232. The molecule has 0 aliphatic carbocycles. The van der Waals surface area contributed by atoms with Gasteiger partial charge in [0.1, 0.15) is 0 Å². The molecule has 0 aliphatic rings. The molecule has 0 unspecified atom stereocenters. The summed E-state index contributed by atoms with van der Waals surface area (Å²) in [7, 11) is 6.43. The zero-order chi connectivity index (χ0) is 19.6. The van der Waals surface area contributed by atoms with Crippen LogP contribution in [0.25, 0.3) is 12.2 Å². The number of hydrogen-bond donors (Lipinski definition) is 1. The number of aliphatic hydroxyl groups excluding tert-OH is 1. The maximum atomic E-state index is 9.67. The van der Waals surface area contributed by atoms with Gasteiger partial charge in [-0.3, -0.25) is 0 Å². The molecule has 0 saturated heterocycles. The van der Waals surface area contributed by atoms with Crippen molar-refractivity contribution in [2.24, 2.45) is 0 Å². The third-order valence-corrected chi connectivity index (χ3v) is 4.08. The topological polar surface area (TPSA) is 57.2 Å². The summed E-state index contributed by atoms with van der Waals surface area (Å²) in [5, 5.41) is 9.67. The molecule has 27 heavy (non-hydrogen) atoms. The average Bonchev–Trinajstić information content (AvgIpc) is 2.72. The Kier molecular flexibility index (Phi) is 7.77. The molecule has 0 atom stereocenters. The molecule has 0 aliphatic heterocycles. The van der Waals surface area contributed by atoms with Crippen molar-refractivity contribution >= 4 is 12.2 Å². The number of aliphatic hydroxyl groups is 1. The van der Waals surface area contributed by atoms with Gasteiger partial charge in [0.05, 0.1) is 35.0 Å². The van der Waals surface area contributed by atoms with Crippen LogP contribution in [0.4, 0.5) is 0 Å². The lowest BCUT2D eigenvalue weighted by molar-refractivity contribution is 0.330. The van der Waals surface area contributed by atoms with Gasteiger partial charge in [-0.05, 0) is 47.4 Å². The molecule has 0 amide bonds. The Labute approximate surface area is 160 Å². The highest BCUT2D eigenvalue weighted by atomic mass is 16.5. The third-order valence-electron chi connectivity index (χ3n) is 4.08. The first-order valence-corrected chi connectivity index (χ1v) is 8.56. The van der Waals surface area contributed by atoms with E-state index in [1.165, 1.54) is 0 Å². The van der Waals surface area contributed by atoms with Crippen LogP contribution < -0.4 is 18.9 Å². The Balaban J connectivity index is 2.13. The first-order valence-electron chi connectivity index (χ1n) is 8.56. The van der Waals surface area contributed by atoms with Gasteiger partial charge in [-0.25, -0.2) is 0 Å². The Morgan fingerprint density at radius 3 is 1.81 bits per heavy atom. The summed E-state index contributed by atoms with van der Waals surface area (Å²) in [4.78, 5) is 0. The van der Waals surface area contributed by atoms with Crippen LogP contribution in [-0.4, -0.2) is 40.2 Å². The molecule has 0 saturated carbocycles. The van der Waals surface area contributed by atoms with E-state index in [9.17, 15) is 5.11 Å². The summed E-state index contributed by atoms with van der Waals surface area (Å²) in [6, 6.07) is 11.4. The molecule has 0 aromatic heterocycles. The number of hydrogen-bond acceptors (Lipinski definition) is 5. The second-order valence-corrected chi connectivity index (χ2v) is 5.80. The van der Waals surface area contributed by atoms with Gasteiger partial charge in [0.15, 0.2) is 23.0 Å². The minimum atomic E-state index is -0.0232. The molecule has 0 radical (unpaired) electrons. The highest BCUT2D eigenvalue weighted by Crippen LogP contribution is 2.29. The predicted octanol–water partition coefficient (Wildman–Crippen LogP) is 4.20. The molecule has 0 heterocycles. The summed E-state index contributed by atoms with van der Waals surface area (Å²) in [5.41, 5.74) is 2.83. The summed E-state index contributed by atoms with van der Waals surface area (Å²) in [6.07, 6.45) is 6.56. The molecule has 5 nitrogen and oxygen atoms in total. The van der Waals surface area contributed by atoms with E-state index in [2.05, 4.69) is 0 Å². The Hall–Kier alpha value is -2.92. The van der Waals surface area contributed by atoms with E-state index in [0.29, 0.717) is 29.4 Å². The normalized spacial score (nSPS) is 11.5. The lowest BCUT2D eigenvalue weighted by Gasteiger charge is -2.09. The molecule has 2 aromatic carbocycles. The van der Waals surface area contributed by atoms with E-state index >= 15 is 0 Å². The fraction of sp³-hybridized carbons (Fsp3) is 0.273. The molecule has 2 aromatic rings. The Morgan fingerprint density at radius 1 is 0.778 bits per heavy atom. The van der Waals surface area contributed by atoms with E-state index in [-0.39, 0.29) is 6.61 Å². The van der Waals surface area contributed by atoms with Crippen LogP contribution in [0.3, 0.4) is 0 Å². The molecular formula is C22H26O5. The van der Waals surface area contributed by atoms with Gasteiger partial charge in [-0.15, -0.1) is 0 Å². The number of allylic oxidation sites excluding steroid dienone is 1. The van der Waals surface area contributed by atoms with Crippen LogP contribution in [0.1, 0.15) is 17.5 Å². The maximum absolute atomic E-state index is 9.67. The standard InChI is InChI=1S/C22H26O5/c1-24-19-10-8-16(13-21(19)26-3)6-5-7-18(15-23)12-17-9-11-20(25-2)22(14-17)27-4/h5-6,8-14,23H,7,15H2,1-4H3/b6-5+,18-12+. The van der Waals surface area contributed by atoms with Gasteiger partial charge >= 0.3 is 0 Å².